The van der Waals surface area contributed by atoms with E-state index < -0.39 is 17.5 Å². The van der Waals surface area contributed by atoms with Crippen molar-refractivity contribution in [1.82, 2.24) is 4.90 Å². The molecule has 0 amide bonds. The molecule has 7 heteroatoms. The third-order valence-corrected chi connectivity index (χ3v) is 6.38. The maximum atomic E-state index is 13.5. The van der Waals surface area contributed by atoms with Gasteiger partial charge in [-0.1, -0.05) is 50.2 Å². The third kappa shape index (κ3) is 7.11. The highest BCUT2D eigenvalue weighted by molar-refractivity contribution is 6.27. The number of rotatable bonds is 7. The average Bonchev–Trinajstić information content (AvgIpc) is 2.95. The van der Waals surface area contributed by atoms with Crippen molar-refractivity contribution < 1.29 is 29.3 Å². The molecule has 180 valence electrons. The van der Waals surface area contributed by atoms with Crippen molar-refractivity contribution in [3.05, 3.63) is 71.0 Å². The highest BCUT2D eigenvalue weighted by Gasteiger charge is 2.41. The highest BCUT2D eigenvalue weighted by atomic mass is 19.1. The number of benzene rings is 2. The normalized spacial score (nSPS) is 19.7. The van der Waals surface area contributed by atoms with Crippen LogP contribution < -0.4 is 0 Å². The van der Waals surface area contributed by atoms with E-state index in [4.69, 9.17) is 19.8 Å². The fourth-order valence-electron chi connectivity index (χ4n) is 4.64. The number of hydrogen-bond donors (Lipinski definition) is 3. The van der Waals surface area contributed by atoms with E-state index in [9.17, 15) is 9.50 Å². The van der Waals surface area contributed by atoms with Gasteiger partial charge in [0.2, 0.25) is 0 Å². The van der Waals surface area contributed by atoms with Gasteiger partial charge in [0.1, 0.15) is 5.82 Å². The second kappa shape index (κ2) is 12.5. The van der Waals surface area contributed by atoms with E-state index in [0.717, 1.165) is 62.9 Å². The van der Waals surface area contributed by atoms with Gasteiger partial charge in [0.25, 0.3) is 0 Å². The number of aliphatic carboxylic acids is 2. The fraction of sp³-hybridized carbons (Fsp3) is 0.462. The number of carboxylic acids is 2. The summed E-state index contributed by atoms with van der Waals surface area (Å²) in [6.07, 6.45) is 4.62. The van der Waals surface area contributed by atoms with Crippen LogP contribution in [0.1, 0.15) is 62.1 Å². The summed E-state index contributed by atoms with van der Waals surface area (Å²) >= 11 is 0. The molecule has 33 heavy (non-hydrogen) atoms. The first-order chi connectivity index (χ1) is 15.7. The van der Waals surface area contributed by atoms with E-state index in [-0.39, 0.29) is 11.7 Å². The van der Waals surface area contributed by atoms with Gasteiger partial charge < -0.3 is 20.2 Å². The van der Waals surface area contributed by atoms with Gasteiger partial charge in [-0.3, -0.25) is 0 Å². The Bertz CT molecular complexity index is 901. The molecular weight excluding hydrogens is 425 g/mol. The lowest BCUT2D eigenvalue weighted by Crippen LogP contribution is -2.35. The predicted molar refractivity (Wildman–Crippen MR) is 125 cm³/mol. The molecule has 3 N–H and O–H groups in total. The van der Waals surface area contributed by atoms with Crippen molar-refractivity contribution in [1.29, 1.82) is 0 Å². The SMILES string of the molecule is CCN(CC)CCCC1(O)c2ccccc2CCCC1c1ccc(F)cc1.O=C(O)C(=O)O. The summed E-state index contributed by atoms with van der Waals surface area (Å²) in [4.78, 5) is 20.6. The average molecular weight is 460 g/mol. The number of aliphatic hydroxyl groups is 1. The van der Waals surface area contributed by atoms with Crippen molar-refractivity contribution in [2.45, 2.75) is 57.5 Å². The van der Waals surface area contributed by atoms with Gasteiger partial charge in [-0.05, 0) is 80.6 Å². The summed E-state index contributed by atoms with van der Waals surface area (Å²) in [5.41, 5.74) is 2.46. The van der Waals surface area contributed by atoms with Crippen molar-refractivity contribution in [3.63, 3.8) is 0 Å². The minimum absolute atomic E-state index is 0.00143. The van der Waals surface area contributed by atoms with Crippen LogP contribution in [0.2, 0.25) is 0 Å². The minimum Gasteiger partial charge on any atom is -0.473 e. The standard InChI is InChI=1S/C24H32FNO.C2H2O4/c1-3-26(4-2)18-8-17-24(27)22-11-6-5-9-19(22)10-7-12-23(24)20-13-15-21(25)16-14-20;3-1(4)2(5)6/h5-6,9,11,13-16,23,27H,3-4,7-8,10,12,17-18H2,1-2H3;(H,3,4)(H,5,6). The summed E-state index contributed by atoms with van der Waals surface area (Å²) in [6, 6.07) is 15.1. The van der Waals surface area contributed by atoms with Crippen LogP contribution in [0.5, 0.6) is 0 Å². The summed E-state index contributed by atoms with van der Waals surface area (Å²) < 4.78 is 13.5. The van der Waals surface area contributed by atoms with Crippen LogP contribution in [0.25, 0.3) is 0 Å². The van der Waals surface area contributed by atoms with E-state index in [1.807, 2.05) is 18.2 Å². The van der Waals surface area contributed by atoms with Gasteiger partial charge in [0.05, 0.1) is 5.60 Å². The molecule has 0 bridgehead atoms. The van der Waals surface area contributed by atoms with Crippen LogP contribution in [-0.2, 0) is 21.6 Å². The number of halogens is 1. The summed E-state index contributed by atoms with van der Waals surface area (Å²) in [5.74, 6) is -3.87. The molecule has 2 aromatic carbocycles. The monoisotopic (exact) mass is 459 g/mol. The predicted octanol–water partition coefficient (Wildman–Crippen LogP) is 4.41. The molecule has 3 rings (SSSR count). The van der Waals surface area contributed by atoms with E-state index in [1.165, 1.54) is 17.7 Å². The summed E-state index contributed by atoms with van der Waals surface area (Å²) in [7, 11) is 0. The maximum absolute atomic E-state index is 13.5. The topological polar surface area (TPSA) is 98.1 Å². The molecular formula is C26H34FNO5. The molecule has 0 aliphatic heterocycles. The maximum Gasteiger partial charge on any atom is 0.414 e. The smallest absolute Gasteiger partial charge is 0.414 e. The molecule has 2 unspecified atom stereocenters. The first kappa shape index (κ1) is 26.5. The van der Waals surface area contributed by atoms with Crippen molar-refractivity contribution in [3.8, 4) is 0 Å². The van der Waals surface area contributed by atoms with Crippen LogP contribution in [0, 0.1) is 5.82 Å². The van der Waals surface area contributed by atoms with E-state index in [2.05, 4.69) is 36.9 Å². The Labute approximate surface area is 194 Å². The third-order valence-electron chi connectivity index (χ3n) is 6.38. The molecule has 6 nitrogen and oxygen atoms in total. The van der Waals surface area contributed by atoms with Crippen molar-refractivity contribution in [2.24, 2.45) is 0 Å². The molecule has 0 saturated carbocycles. The molecule has 0 aromatic heterocycles. The lowest BCUT2D eigenvalue weighted by atomic mass is 9.73. The lowest BCUT2D eigenvalue weighted by Gasteiger charge is -2.37. The van der Waals surface area contributed by atoms with Crippen LogP contribution in [-0.4, -0.2) is 51.8 Å². The van der Waals surface area contributed by atoms with Gasteiger partial charge in [-0.25, -0.2) is 14.0 Å². The van der Waals surface area contributed by atoms with Crippen LogP contribution >= 0.6 is 0 Å². The summed E-state index contributed by atoms with van der Waals surface area (Å²) in [6.45, 7) is 7.42. The Morgan fingerprint density at radius 1 is 1.03 bits per heavy atom. The number of nitrogens with zero attached hydrogens (tertiary/aromatic N) is 1. The zero-order valence-corrected chi connectivity index (χ0v) is 19.3. The molecule has 2 atom stereocenters. The van der Waals surface area contributed by atoms with E-state index >= 15 is 0 Å². The molecule has 0 fully saturated rings. The largest absolute Gasteiger partial charge is 0.473 e. The molecule has 1 aliphatic rings. The van der Waals surface area contributed by atoms with Crippen molar-refractivity contribution >= 4 is 11.9 Å². The highest BCUT2D eigenvalue weighted by Crippen LogP contribution is 2.47. The first-order valence-corrected chi connectivity index (χ1v) is 11.5. The van der Waals surface area contributed by atoms with Crippen molar-refractivity contribution in [2.75, 3.05) is 19.6 Å². The van der Waals surface area contributed by atoms with Gasteiger partial charge in [-0.15, -0.1) is 0 Å². The van der Waals surface area contributed by atoms with Crippen LogP contribution in [0.3, 0.4) is 0 Å². The molecule has 2 aromatic rings. The lowest BCUT2D eigenvalue weighted by molar-refractivity contribution is -0.159. The van der Waals surface area contributed by atoms with Gasteiger partial charge in [-0.2, -0.15) is 0 Å². The van der Waals surface area contributed by atoms with Gasteiger partial charge in [0.15, 0.2) is 0 Å². The second-order valence-electron chi connectivity index (χ2n) is 8.32. The quantitative estimate of drug-likeness (QED) is 0.419. The van der Waals surface area contributed by atoms with Gasteiger partial charge in [0, 0.05) is 5.92 Å². The Balaban J connectivity index is 0.000000569. The number of aryl methyl sites for hydroxylation is 1. The Morgan fingerprint density at radius 3 is 2.21 bits per heavy atom. The number of fused-ring (bicyclic) bond motifs is 1. The second-order valence-corrected chi connectivity index (χ2v) is 8.32. The number of carbonyl (C=O) groups is 2. The Morgan fingerprint density at radius 2 is 1.64 bits per heavy atom. The Hall–Kier alpha value is -2.77. The zero-order chi connectivity index (χ0) is 24.4. The molecule has 1 aliphatic carbocycles. The van der Waals surface area contributed by atoms with E-state index in [1.54, 1.807) is 0 Å². The molecule has 0 radical (unpaired) electrons. The van der Waals surface area contributed by atoms with E-state index in [0.29, 0.717) is 0 Å². The summed E-state index contributed by atoms with van der Waals surface area (Å²) in [5, 5.41) is 26.8. The number of carboxylic acid groups (broad SMARTS) is 2. The zero-order valence-electron chi connectivity index (χ0n) is 19.3. The molecule has 0 saturated heterocycles. The number of hydrogen-bond acceptors (Lipinski definition) is 4. The molecule has 0 heterocycles. The fourth-order valence-corrected chi connectivity index (χ4v) is 4.64. The van der Waals surface area contributed by atoms with Crippen LogP contribution in [0.15, 0.2) is 48.5 Å². The van der Waals surface area contributed by atoms with Crippen LogP contribution in [0.4, 0.5) is 4.39 Å². The Kier molecular flexibility index (Phi) is 10.0. The minimum atomic E-state index is -1.82. The van der Waals surface area contributed by atoms with Gasteiger partial charge >= 0.3 is 11.9 Å². The molecule has 0 spiro atoms. The first-order valence-electron chi connectivity index (χ1n) is 11.5.